The molecular weight excluding hydrogens is 617 g/mol. The topological polar surface area (TPSA) is 133 Å². The molecule has 1 aromatic carbocycles. The molecule has 3 N–H and O–H groups in total. The number of rotatable bonds is 11. The van der Waals surface area contributed by atoms with Crippen molar-refractivity contribution in [3.8, 4) is 5.75 Å². The second-order valence-corrected chi connectivity index (χ2v) is 21.2. The predicted molar refractivity (Wildman–Crippen MR) is 186 cm³/mol. The first-order chi connectivity index (χ1) is 21.6. The number of hydrogen-bond donors (Lipinski definition) is 3. The molecule has 0 aliphatic carbocycles. The van der Waals surface area contributed by atoms with Crippen LogP contribution in [0.4, 0.5) is 4.79 Å². The number of hydrogen-bond acceptors (Lipinski definition) is 10. The summed E-state index contributed by atoms with van der Waals surface area (Å²) < 4.78 is 30.7. The Labute approximate surface area is 283 Å². The van der Waals surface area contributed by atoms with E-state index in [1.165, 1.54) is 0 Å². The molecule has 2 aliphatic rings. The van der Waals surface area contributed by atoms with Crippen molar-refractivity contribution in [2.75, 3.05) is 6.54 Å². The highest BCUT2D eigenvalue weighted by Gasteiger charge is 2.52. The molecule has 1 aromatic rings. The summed E-state index contributed by atoms with van der Waals surface area (Å²) in [6, 6.07) is 3.84. The van der Waals surface area contributed by atoms with Crippen LogP contribution in [-0.4, -0.2) is 68.9 Å². The Balaban J connectivity index is 2.05. The van der Waals surface area contributed by atoms with Gasteiger partial charge in [-0.15, -0.1) is 0 Å². The molecule has 0 radical (unpaired) electrons. The Hall–Kier alpha value is -2.45. The van der Waals surface area contributed by atoms with Crippen molar-refractivity contribution in [3.63, 3.8) is 0 Å². The number of benzene rings is 1. The number of nitrogens with one attached hydrogen (secondary N) is 3. The molecule has 2 heterocycles. The summed E-state index contributed by atoms with van der Waals surface area (Å²) in [7, 11) is -3.08. The highest BCUT2D eigenvalue weighted by Crippen LogP contribution is 2.43. The van der Waals surface area contributed by atoms with Crippen molar-refractivity contribution in [2.45, 2.75) is 155 Å². The van der Waals surface area contributed by atoms with E-state index in [0.29, 0.717) is 40.9 Å². The third kappa shape index (κ3) is 9.59. The van der Waals surface area contributed by atoms with Crippen LogP contribution in [0.1, 0.15) is 108 Å². The summed E-state index contributed by atoms with van der Waals surface area (Å²) in [6.07, 6.45) is 0.482. The van der Waals surface area contributed by atoms with Gasteiger partial charge in [0.25, 0.3) is 8.32 Å². The normalized spacial score (nSPS) is 20.3. The van der Waals surface area contributed by atoms with Crippen molar-refractivity contribution in [2.24, 2.45) is 0 Å². The molecule has 2 fully saturated rings. The van der Waals surface area contributed by atoms with E-state index in [1.807, 2.05) is 45.9 Å². The average molecular weight is 676 g/mol. The summed E-state index contributed by atoms with van der Waals surface area (Å²) in [5.74, 6) is -0.949. The standard InChI is InChI=1S/C34H58BN3O8Si/c1-21(2)47(22(3)4,23(5)6)44-26-18-24(17-25(20-26)35-45-33(10,11)34(12,13)46-35)19-28(37-31(41)43-32(7,8)9)30(40)42-29(39)27-15-14-16-36-38-27/h17-18,20-23,27-28,36,38H,14-16,19H2,1-13H3,(H,37,41)/t27?,28-/m0/s1. The predicted octanol–water partition coefficient (Wildman–Crippen LogP) is 5.30. The average Bonchev–Trinajstić information content (AvgIpc) is 3.16. The maximum atomic E-state index is 13.6. The first-order valence-corrected chi connectivity index (χ1v) is 19.1. The van der Waals surface area contributed by atoms with Gasteiger partial charge in [0, 0.05) is 13.0 Å². The highest BCUT2D eigenvalue weighted by molar-refractivity contribution is 6.78. The molecule has 0 aromatic heterocycles. The maximum absolute atomic E-state index is 13.6. The zero-order valence-corrected chi connectivity index (χ0v) is 31.8. The zero-order valence-electron chi connectivity index (χ0n) is 30.8. The number of carbonyl (C=O) groups is 3. The monoisotopic (exact) mass is 675 g/mol. The van der Waals surface area contributed by atoms with E-state index >= 15 is 0 Å². The van der Waals surface area contributed by atoms with E-state index < -0.39 is 62.4 Å². The molecule has 0 bridgehead atoms. The Morgan fingerprint density at radius 1 is 0.979 bits per heavy atom. The van der Waals surface area contributed by atoms with Crippen LogP contribution in [0.25, 0.3) is 0 Å². The molecule has 264 valence electrons. The lowest BCUT2D eigenvalue weighted by Gasteiger charge is -2.42. The van der Waals surface area contributed by atoms with Gasteiger partial charge in [0.05, 0.1) is 11.2 Å². The Morgan fingerprint density at radius 2 is 1.55 bits per heavy atom. The molecule has 2 atom stereocenters. The molecule has 2 saturated heterocycles. The summed E-state index contributed by atoms with van der Waals surface area (Å²) in [5.41, 5.74) is 6.19. The van der Waals surface area contributed by atoms with Crippen molar-refractivity contribution < 1.29 is 37.6 Å². The molecule has 2 aliphatic heterocycles. The third-order valence-electron chi connectivity index (χ3n) is 9.49. The van der Waals surface area contributed by atoms with Gasteiger partial charge in [-0.1, -0.05) is 47.6 Å². The van der Waals surface area contributed by atoms with Crippen molar-refractivity contribution in [1.82, 2.24) is 16.2 Å². The quantitative estimate of drug-likeness (QED) is 0.161. The number of amides is 1. The minimum absolute atomic E-state index is 0.00496. The Morgan fingerprint density at radius 3 is 2.04 bits per heavy atom. The summed E-state index contributed by atoms with van der Waals surface area (Å²) in [6.45, 7) is 27.2. The minimum atomic E-state index is -2.39. The van der Waals surface area contributed by atoms with Crippen LogP contribution in [0, 0.1) is 0 Å². The lowest BCUT2D eigenvalue weighted by Crippen LogP contribution is -2.52. The molecule has 0 spiro atoms. The van der Waals surface area contributed by atoms with Crippen molar-refractivity contribution in [3.05, 3.63) is 23.8 Å². The van der Waals surface area contributed by atoms with Gasteiger partial charge in [-0.05, 0) is 101 Å². The largest absolute Gasteiger partial charge is 0.543 e. The van der Waals surface area contributed by atoms with Gasteiger partial charge < -0.3 is 28.5 Å². The molecule has 11 nitrogen and oxygen atoms in total. The Bertz CT molecular complexity index is 1240. The fourth-order valence-electron chi connectivity index (χ4n) is 6.49. The fourth-order valence-corrected chi connectivity index (χ4v) is 11.7. The van der Waals surface area contributed by atoms with Crippen LogP contribution < -0.4 is 26.1 Å². The Kier molecular flexibility index (Phi) is 12.4. The van der Waals surface area contributed by atoms with Gasteiger partial charge >= 0.3 is 25.2 Å². The number of esters is 2. The number of ether oxygens (including phenoxy) is 2. The number of carbonyl (C=O) groups excluding carboxylic acids is 3. The van der Waals surface area contributed by atoms with E-state index in [1.54, 1.807) is 20.8 Å². The molecular formula is C34H58BN3O8Si. The third-order valence-corrected chi connectivity index (χ3v) is 15.5. The molecule has 3 rings (SSSR count). The second kappa shape index (κ2) is 15.0. The highest BCUT2D eigenvalue weighted by atomic mass is 28.4. The SMILES string of the molecule is CC(C)[Si](Oc1cc(C[C@H](NC(=O)OC(C)(C)C)C(=O)OC(=O)C2CCCNN2)cc(B2OC(C)(C)C(C)(C)O2)c1)(C(C)C)C(C)C. The molecule has 1 amide bonds. The van der Waals surface area contributed by atoms with Crippen LogP contribution in [0.5, 0.6) is 5.75 Å². The minimum Gasteiger partial charge on any atom is -0.543 e. The smallest absolute Gasteiger partial charge is 0.494 e. The van der Waals surface area contributed by atoms with Crippen LogP contribution in [0.2, 0.25) is 16.6 Å². The van der Waals surface area contributed by atoms with Crippen LogP contribution in [0.15, 0.2) is 18.2 Å². The first kappa shape index (κ1) is 39.0. The molecule has 1 unspecified atom stereocenters. The summed E-state index contributed by atoms with van der Waals surface area (Å²) in [5, 5.41) is 2.65. The molecule has 13 heteroatoms. The molecule has 0 saturated carbocycles. The second-order valence-electron chi connectivity index (χ2n) is 15.8. The zero-order chi connectivity index (χ0) is 35.5. The van der Waals surface area contributed by atoms with E-state index in [0.717, 1.165) is 11.9 Å². The van der Waals surface area contributed by atoms with E-state index in [-0.39, 0.29) is 6.42 Å². The summed E-state index contributed by atoms with van der Waals surface area (Å²) >= 11 is 0. The van der Waals surface area contributed by atoms with Gasteiger partial charge in [-0.25, -0.2) is 19.8 Å². The van der Waals surface area contributed by atoms with Gasteiger partial charge in [0.2, 0.25) is 0 Å². The van der Waals surface area contributed by atoms with Crippen LogP contribution in [-0.2, 0) is 34.8 Å². The van der Waals surface area contributed by atoms with Crippen LogP contribution >= 0.6 is 0 Å². The van der Waals surface area contributed by atoms with Crippen molar-refractivity contribution in [1.29, 1.82) is 0 Å². The summed E-state index contributed by atoms with van der Waals surface area (Å²) in [4.78, 5) is 39.4. The lowest BCUT2D eigenvalue weighted by molar-refractivity contribution is -0.163. The molecule has 47 heavy (non-hydrogen) atoms. The fraction of sp³-hybridized carbons (Fsp3) is 0.735. The van der Waals surface area contributed by atoms with Gasteiger partial charge in [-0.2, -0.15) is 0 Å². The maximum Gasteiger partial charge on any atom is 0.494 e. The van der Waals surface area contributed by atoms with E-state index in [9.17, 15) is 14.4 Å². The van der Waals surface area contributed by atoms with Gasteiger partial charge in [0.1, 0.15) is 23.4 Å². The number of alkyl carbamates (subject to hydrolysis) is 1. The van der Waals surface area contributed by atoms with E-state index in [4.69, 9.17) is 23.2 Å². The van der Waals surface area contributed by atoms with E-state index in [2.05, 4.69) is 57.7 Å². The van der Waals surface area contributed by atoms with Crippen molar-refractivity contribution >= 4 is 38.9 Å². The van der Waals surface area contributed by atoms with Gasteiger partial charge in [0.15, 0.2) is 0 Å². The van der Waals surface area contributed by atoms with Crippen LogP contribution in [0.3, 0.4) is 0 Å². The first-order valence-electron chi connectivity index (χ1n) is 17.0. The van der Waals surface area contributed by atoms with Gasteiger partial charge in [-0.3, -0.25) is 5.43 Å². The lowest BCUT2D eigenvalue weighted by atomic mass is 9.78. The number of hydrazine groups is 1.